The van der Waals surface area contributed by atoms with Crippen LogP contribution in [0.25, 0.3) is 0 Å². The highest BCUT2D eigenvalue weighted by Crippen LogP contribution is 2.25. The molecule has 2 rings (SSSR count). The van der Waals surface area contributed by atoms with Gasteiger partial charge in [0.2, 0.25) is 0 Å². The van der Waals surface area contributed by atoms with Crippen molar-refractivity contribution in [1.82, 2.24) is 9.97 Å². The molecule has 6 nitrogen and oxygen atoms in total. The fourth-order valence-electron chi connectivity index (χ4n) is 1.89. The molecule has 0 amide bonds. The van der Waals surface area contributed by atoms with Crippen LogP contribution < -0.4 is 21.9 Å². The third kappa shape index (κ3) is 2.52. The number of aryl methyl sites for hydroxylation is 1. The molecule has 4 N–H and O–H groups in total. The Bertz CT molecular complexity index is 685. The highest BCUT2D eigenvalue weighted by Gasteiger charge is 2.14. The molecule has 1 heterocycles. The highest BCUT2D eigenvalue weighted by atomic mass is 16.2. The summed E-state index contributed by atoms with van der Waals surface area (Å²) < 4.78 is 0. The first-order valence-corrected chi connectivity index (χ1v) is 5.99. The van der Waals surface area contributed by atoms with Crippen molar-refractivity contribution in [1.29, 1.82) is 0 Å². The van der Waals surface area contributed by atoms with Crippen molar-refractivity contribution in [3.8, 4) is 0 Å². The Labute approximate surface area is 109 Å². The number of aromatic nitrogens is 2. The quantitative estimate of drug-likeness (QED) is 0.770. The summed E-state index contributed by atoms with van der Waals surface area (Å²) in [5, 5.41) is 0. The standard InChI is InChI=1S/C13H16N4O2/c1-3-17(9-6-4-8(2)5-7-9)11-10(14)12(18)16-13(19)15-11/h4-7H,3,14H2,1-2H3,(H2,15,16,18,19). The minimum atomic E-state index is -0.579. The topological polar surface area (TPSA) is 95.0 Å². The zero-order valence-corrected chi connectivity index (χ0v) is 10.9. The number of anilines is 3. The maximum absolute atomic E-state index is 11.5. The van der Waals surface area contributed by atoms with Gasteiger partial charge in [-0.15, -0.1) is 0 Å². The van der Waals surface area contributed by atoms with Crippen LogP contribution in [0.5, 0.6) is 0 Å². The minimum absolute atomic E-state index is 0.00188. The van der Waals surface area contributed by atoms with Gasteiger partial charge in [-0.2, -0.15) is 0 Å². The van der Waals surface area contributed by atoms with Crippen molar-refractivity contribution in [2.45, 2.75) is 13.8 Å². The van der Waals surface area contributed by atoms with E-state index in [0.717, 1.165) is 11.3 Å². The van der Waals surface area contributed by atoms with Crippen LogP contribution in [-0.4, -0.2) is 16.5 Å². The first-order chi connectivity index (χ1) is 9.02. The Morgan fingerprint density at radius 2 is 1.79 bits per heavy atom. The van der Waals surface area contributed by atoms with E-state index < -0.39 is 11.2 Å². The second-order valence-corrected chi connectivity index (χ2v) is 4.25. The Balaban J connectivity index is 2.57. The van der Waals surface area contributed by atoms with Gasteiger partial charge < -0.3 is 10.6 Å². The van der Waals surface area contributed by atoms with Crippen molar-refractivity contribution in [2.75, 3.05) is 17.2 Å². The van der Waals surface area contributed by atoms with Crippen LogP contribution in [0.1, 0.15) is 12.5 Å². The lowest BCUT2D eigenvalue weighted by molar-refractivity contribution is 0.947. The van der Waals surface area contributed by atoms with Gasteiger partial charge in [-0.1, -0.05) is 17.7 Å². The number of hydrogen-bond acceptors (Lipinski definition) is 4. The monoisotopic (exact) mass is 260 g/mol. The summed E-state index contributed by atoms with van der Waals surface area (Å²) in [6.07, 6.45) is 0. The first-order valence-electron chi connectivity index (χ1n) is 5.99. The SMILES string of the molecule is CCN(c1ccc(C)cc1)c1[nH]c(=O)[nH]c(=O)c1N. The van der Waals surface area contributed by atoms with Gasteiger partial charge in [-0.05, 0) is 26.0 Å². The van der Waals surface area contributed by atoms with E-state index in [1.54, 1.807) is 4.90 Å². The number of aromatic amines is 2. The van der Waals surface area contributed by atoms with E-state index in [1.165, 1.54) is 0 Å². The third-order valence-corrected chi connectivity index (χ3v) is 2.89. The molecule has 0 aliphatic heterocycles. The fraction of sp³-hybridized carbons (Fsp3) is 0.231. The van der Waals surface area contributed by atoms with Crippen LogP contribution >= 0.6 is 0 Å². The highest BCUT2D eigenvalue weighted by molar-refractivity contribution is 5.70. The summed E-state index contributed by atoms with van der Waals surface area (Å²) in [6.45, 7) is 4.48. The zero-order chi connectivity index (χ0) is 14.0. The van der Waals surface area contributed by atoms with Crippen molar-refractivity contribution in [3.63, 3.8) is 0 Å². The lowest BCUT2D eigenvalue weighted by Crippen LogP contribution is -2.30. The van der Waals surface area contributed by atoms with E-state index in [1.807, 2.05) is 38.1 Å². The average molecular weight is 260 g/mol. The van der Waals surface area contributed by atoms with Crippen LogP contribution in [0.4, 0.5) is 17.2 Å². The summed E-state index contributed by atoms with van der Waals surface area (Å²) in [5.74, 6) is 0.320. The Hall–Kier alpha value is -2.50. The molecule has 0 fully saturated rings. The summed E-state index contributed by atoms with van der Waals surface area (Å²) in [4.78, 5) is 29.4. The average Bonchev–Trinajstić information content (AvgIpc) is 2.38. The van der Waals surface area contributed by atoms with Crippen LogP contribution in [0.2, 0.25) is 0 Å². The van der Waals surface area contributed by atoms with Crippen LogP contribution in [-0.2, 0) is 0 Å². The first kappa shape index (κ1) is 12.9. The summed E-state index contributed by atoms with van der Waals surface area (Å²) in [7, 11) is 0. The number of H-pyrrole nitrogens is 2. The fourth-order valence-corrected chi connectivity index (χ4v) is 1.89. The molecule has 0 unspecified atom stereocenters. The third-order valence-electron chi connectivity index (χ3n) is 2.89. The van der Waals surface area contributed by atoms with E-state index in [9.17, 15) is 9.59 Å². The number of benzene rings is 1. The van der Waals surface area contributed by atoms with Gasteiger partial charge in [0.05, 0.1) is 0 Å². The second-order valence-electron chi connectivity index (χ2n) is 4.25. The molecule has 0 aliphatic rings. The molecule has 0 bridgehead atoms. The summed E-state index contributed by atoms with van der Waals surface area (Å²) in [6, 6.07) is 7.74. The number of nitrogens with two attached hydrogens (primary N) is 1. The number of hydrogen-bond donors (Lipinski definition) is 3. The van der Waals surface area contributed by atoms with Gasteiger partial charge in [-0.3, -0.25) is 14.8 Å². The van der Waals surface area contributed by atoms with E-state index >= 15 is 0 Å². The molecule has 0 atom stereocenters. The van der Waals surface area contributed by atoms with E-state index in [-0.39, 0.29) is 5.69 Å². The largest absolute Gasteiger partial charge is 0.391 e. The predicted molar refractivity (Wildman–Crippen MR) is 76.0 cm³/mol. The van der Waals surface area contributed by atoms with Crippen LogP contribution in [0, 0.1) is 6.92 Å². The van der Waals surface area contributed by atoms with Crippen molar-refractivity contribution in [2.24, 2.45) is 0 Å². The lowest BCUT2D eigenvalue weighted by Gasteiger charge is -2.23. The number of nitrogen functional groups attached to an aromatic ring is 1. The maximum atomic E-state index is 11.5. The smallest absolute Gasteiger partial charge is 0.327 e. The number of nitrogens with zero attached hydrogens (tertiary/aromatic N) is 1. The van der Waals surface area contributed by atoms with E-state index in [2.05, 4.69) is 9.97 Å². The molecule has 0 radical (unpaired) electrons. The molecule has 6 heteroatoms. The van der Waals surface area contributed by atoms with Gasteiger partial charge in [0, 0.05) is 12.2 Å². The summed E-state index contributed by atoms with van der Waals surface area (Å²) >= 11 is 0. The molecular weight excluding hydrogens is 244 g/mol. The molecule has 1 aromatic heterocycles. The molecule has 0 saturated heterocycles. The molecule has 0 spiro atoms. The Morgan fingerprint density at radius 3 is 2.37 bits per heavy atom. The maximum Gasteiger partial charge on any atom is 0.327 e. The molecule has 100 valence electrons. The van der Waals surface area contributed by atoms with Gasteiger partial charge in [0.15, 0.2) is 0 Å². The van der Waals surface area contributed by atoms with Crippen molar-refractivity contribution < 1.29 is 0 Å². The van der Waals surface area contributed by atoms with Gasteiger partial charge in [0.25, 0.3) is 5.56 Å². The predicted octanol–water partition coefficient (Wildman–Crippen LogP) is 1.11. The second kappa shape index (κ2) is 5.01. The molecule has 19 heavy (non-hydrogen) atoms. The lowest BCUT2D eigenvalue weighted by atomic mass is 10.2. The zero-order valence-electron chi connectivity index (χ0n) is 10.9. The molecule has 0 saturated carbocycles. The van der Waals surface area contributed by atoms with E-state index in [0.29, 0.717) is 12.4 Å². The van der Waals surface area contributed by atoms with Crippen molar-refractivity contribution in [3.05, 3.63) is 50.7 Å². The molecule has 1 aromatic carbocycles. The minimum Gasteiger partial charge on any atom is -0.391 e. The Morgan fingerprint density at radius 1 is 1.16 bits per heavy atom. The van der Waals surface area contributed by atoms with Crippen LogP contribution in [0.15, 0.2) is 33.9 Å². The summed E-state index contributed by atoms with van der Waals surface area (Å²) in [5.41, 5.74) is 6.59. The van der Waals surface area contributed by atoms with E-state index in [4.69, 9.17) is 5.73 Å². The molecule has 2 aromatic rings. The normalized spacial score (nSPS) is 10.4. The van der Waals surface area contributed by atoms with Gasteiger partial charge >= 0.3 is 5.69 Å². The molecule has 0 aliphatic carbocycles. The Kier molecular flexibility index (Phi) is 3.41. The van der Waals surface area contributed by atoms with Crippen LogP contribution in [0.3, 0.4) is 0 Å². The number of nitrogens with one attached hydrogen (secondary N) is 2. The molecular formula is C13H16N4O2. The van der Waals surface area contributed by atoms with Gasteiger partial charge in [0.1, 0.15) is 11.5 Å². The van der Waals surface area contributed by atoms with Crippen molar-refractivity contribution >= 4 is 17.2 Å². The number of rotatable bonds is 3. The van der Waals surface area contributed by atoms with Gasteiger partial charge in [-0.25, -0.2) is 4.79 Å².